The van der Waals surface area contributed by atoms with Crippen molar-refractivity contribution in [3.05, 3.63) is 70.7 Å². The van der Waals surface area contributed by atoms with Gasteiger partial charge >= 0.3 is 0 Å². The number of nitrogens with zero attached hydrogens (tertiary/aromatic N) is 3. The van der Waals surface area contributed by atoms with Crippen molar-refractivity contribution in [2.75, 3.05) is 13.6 Å². The molecule has 3 rings (SSSR count). The standard InChI is InChI=1S/C19H23N5S.HI/c1-15(18-9-6-10-25-18)11-21-19(20-2)22-12-16-13-23-24(14-16)17-7-4-3-5-8-17;/h3-10,13-15H,11-12H2,1-2H3,(H2,20,21,22);1H. The quantitative estimate of drug-likeness (QED) is 0.318. The molecule has 5 nitrogen and oxygen atoms in total. The number of aromatic nitrogens is 2. The highest BCUT2D eigenvalue weighted by molar-refractivity contribution is 14.0. The molecule has 0 aliphatic heterocycles. The van der Waals surface area contributed by atoms with Crippen molar-refractivity contribution in [2.24, 2.45) is 4.99 Å². The van der Waals surface area contributed by atoms with Crippen LogP contribution in [-0.2, 0) is 6.54 Å². The number of aliphatic imine (C=N–C) groups is 1. The third kappa shape index (κ3) is 5.57. The Balaban J connectivity index is 0.00000243. The van der Waals surface area contributed by atoms with E-state index in [-0.39, 0.29) is 24.0 Å². The molecule has 2 N–H and O–H groups in total. The maximum atomic E-state index is 4.42. The fraction of sp³-hybridized carbons (Fsp3) is 0.263. The molecule has 0 amide bonds. The van der Waals surface area contributed by atoms with E-state index in [9.17, 15) is 0 Å². The number of thiophene rings is 1. The third-order valence-corrected chi connectivity index (χ3v) is 5.05. The number of hydrogen-bond donors (Lipinski definition) is 2. The Morgan fingerprint density at radius 3 is 2.69 bits per heavy atom. The molecule has 2 heterocycles. The number of hydrogen-bond acceptors (Lipinski definition) is 3. The highest BCUT2D eigenvalue weighted by Crippen LogP contribution is 2.19. The fourth-order valence-corrected chi connectivity index (χ4v) is 3.29. The van der Waals surface area contributed by atoms with Crippen LogP contribution in [0.4, 0.5) is 0 Å². The summed E-state index contributed by atoms with van der Waals surface area (Å²) in [7, 11) is 1.79. The van der Waals surface area contributed by atoms with Crippen LogP contribution in [0.2, 0.25) is 0 Å². The molecule has 0 bridgehead atoms. The minimum atomic E-state index is 0. The number of rotatable bonds is 6. The van der Waals surface area contributed by atoms with Crippen LogP contribution in [0.5, 0.6) is 0 Å². The fourth-order valence-electron chi connectivity index (χ4n) is 2.50. The van der Waals surface area contributed by atoms with Crippen molar-refractivity contribution in [1.82, 2.24) is 20.4 Å². The van der Waals surface area contributed by atoms with Gasteiger partial charge in [-0.25, -0.2) is 4.68 Å². The zero-order valence-corrected chi connectivity index (χ0v) is 18.1. The van der Waals surface area contributed by atoms with Crippen molar-refractivity contribution in [3.8, 4) is 5.69 Å². The first-order valence-electron chi connectivity index (χ1n) is 8.33. The maximum Gasteiger partial charge on any atom is 0.191 e. The molecule has 2 aromatic heterocycles. The first-order chi connectivity index (χ1) is 12.3. The van der Waals surface area contributed by atoms with E-state index in [2.05, 4.69) is 45.2 Å². The minimum absolute atomic E-state index is 0. The zero-order valence-electron chi connectivity index (χ0n) is 14.9. The summed E-state index contributed by atoms with van der Waals surface area (Å²) in [6.07, 6.45) is 3.91. The van der Waals surface area contributed by atoms with Crippen LogP contribution < -0.4 is 10.6 Å². The van der Waals surface area contributed by atoms with E-state index in [4.69, 9.17) is 0 Å². The smallest absolute Gasteiger partial charge is 0.191 e. The Labute approximate surface area is 175 Å². The number of halogens is 1. The third-order valence-electron chi connectivity index (χ3n) is 3.94. The average Bonchev–Trinajstić information content (AvgIpc) is 3.34. The van der Waals surface area contributed by atoms with E-state index in [0.29, 0.717) is 12.5 Å². The second-order valence-electron chi connectivity index (χ2n) is 5.85. The van der Waals surface area contributed by atoms with Crippen LogP contribution in [0.15, 0.2) is 65.2 Å². The van der Waals surface area contributed by atoms with Gasteiger partial charge in [0.1, 0.15) is 0 Å². The van der Waals surface area contributed by atoms with E-state index >= 15 is 0 Å². The van der Waals surface area contributed by atoms with E-state index in [1.165, 1.54) is 4.88 Å². The molecule has 1 unspecified atom stereocenters. The Morgan fingerprint density at radius 2 is 2.00 bits per heavy atom. The Bertz CT molecular complexity index is 798. The number of benzene rings is 1. The highest BCUT2D eigenvalue weighted by atomic mass is 127. The second kappa shape index (κ2) is 10.3. The summed E-state index contributed by atoms with van der Waals surface area (Å²) in [4.78, 5) is 5.67. The summed E-state index contributed by atoms with van der Waals surface area (Å²) in [5.41, 5.74) is 2.17. The lowest BCUT2D eigenvalue weighted by molar-refractivity contribution is 0.708. The molecule has 0 radical (unpaired) electrons. The Hall–Kier alpha value is -1.87. The van der Waals surface area contributed by atoms with Crippen LogP contribution in [0.25, 0.3) is 5.69 Å². The summed E-state index contributed by atoms with van der Waals surface area (Å²) < 4.78 is 1.88. The lowest BCUT2D eigenvalue weighted by atomic mass is 10.1. The summed E-state index contributed by atoms with van der Waals surface area (Å²) in [5.74, 6) is 1.26. The highest BCUT2D eigenvalue weighted by Gasteiger charge is 2.08. The predicted octanol–water partition coefficient (Wildman–Crippen LogP) is 4.02. The SMILES string of the molecule is CN=C(NCc1cnn(-c2ccccc2)c1)NCC(C)c1cccs1.I. The lowest BCUT2D eigenvalue weighted by Gasteiger charge is -2.14. The maximum absolute atomic E-state index is 4.42. The van der Waals surface area contributed by atoms with Crippen molar-refractivity contribution >= 4 is 41.3 Å². The van der Waals surface area contributed by atoms with Crippen LogP contribution in [-0.4, -0.2) is 29.3 Å². The molecule has 1 aromatic carbocycles. The van der Waals surface area contributed by atoms with E-state index in [0.717, 1.165) is 23.8 Å². The van der Waals surface area contributed by atoms with E-state index in [1.807, 2.05) is 47.4 Å². The molecule has 0 fully saturated rings. The van der Waals surface area contributed by atoms with Crippen LogP contribution in [0.3, 0.4) is 0 Å². The molecule has 7 heteroatoms. The van der Waals surface area contributed by atoms with Gasteiger partial charge in [-0.05, 0) is 23.6 Å². The predicted molar refractivity (Wildman–Crippen MR) is 120 cm³/mol. The molecule has 138 valence electrons. The minimum Gasteiger partial charge on any atom is -0.356 e. The van der Waals surface area contributed by atoms with Gasteiger partial charge in [-0.1, -0.05) is 31.2 Å². The van der Waals surface area contributed by atoms with Crippen molar-refractivity contribution < 1.29 is 0 Å². The lowest BCUT2D eigenvalue weighted by Crippen LogP contribution is -2.38. The molecule has 0 saturated heterocycles. The van der Waals surface area contributed by atoms with Crippen LogP contribution >= 0.6 is 35.3 Å². The van der Waals surface area contributed by atoms with E-state index < -0.39 is 0 Å². The molecule has 0 spiro atoms. The number of para-hydroxylation sites is 1. The summed E-state index contributed by atoms with van der Waals surface area (Å²) in [6.45, 7) is 3.75. The molecule has 0 aliphatic rings. The van der Waals surface area contributed by atoms with Crippen LogP contribution in [0, 0.1) is 0 Å². The van der Waals surface area contributed by atoms with Crippen LogP contribution in [0.1, 0.15) is 23.3 Å². The van der Waals surface area contributed by atoms with Gasteiger partial charge < -0.3 is 10.6 Å². The molecule has 0 saturated carbocycles. The average molecular weight is 481 g/mol. The summed E-state index contributed by atoms with van der Waals surface area (Å²) in [6, 6.07) is 14.4. The molecular weight excluding hydrogens is 457 g/mol. The molecule has 26 heavy (non-hydrogen) atoms. The monoisotopic (exact) mass is 481 g/mol. The van der Waals surface area contributed by atoms with Crippen molar-refractivity contribution in [2.45, 2.75) is 19.4 Å². The van der Waals surface area contributed by atoms with Gasteiger partial charge in [0.25, 0.3) is 0 Å². The number of guanidine groups is 1. The molecule has 3 aromatic rings. The zero-order chi connectivity index (χ0) is 17.5. The first-order valence-corrected chi connectivity index (χ1v) is 9.21. The topological polar surface area (TPSA) is 54.2 Å². The van der Waals surface area contributed by atoms with E-state index in [1.54, 1.807) is 18.4 Å². The van der Waals surface area contributed by atoms with Gasteiger partial charge in [0, 0.05) is 42.7 Å². The first kappa shape index (κ1) is 20.4. The molecular formula is C19H24IN5S. The van der Waals surface area contributed by atoms with Gasteiger partial charge in [-0.2, -0.15) is 5.10 Å². The second-order valence-corrected chi connectivity index (χ2v) is 6.83. The Kier molecular flexibility index (Phi) is 8.11. The van der Waals surface area contributed by atoms with Gasteiger partial charge in [-0.15, -0.1) is 35.3 Å². The van der Waals surface area contributed by atoms with Crippen molar-refractivity contribution in [1.29, 1.82) is 0 Å². The Morgan fingerprint density at radius 1 is 1.19 bits per heavy atom. The van der Waals surface area contributed by atoms with Gasteiger partial charge in [0.05, 0.1) is 11.9 Å². The molecule has 1 atom stereocenters. The van der Waals surface area contributed by atoms with Gasteiger partial charge in [0.15, 0.2) is 5.96 Å². The normalized spacial score (nSPS) is 12.3. The summed E-state index contributed by atoms with van der Waals surface area (Å²) in [5, 5.41) is 13.3. The summed E-state index contributed by atoms with van der Waals surface area (Å²) >= 11 is 1.79. The molecule has 0 aliphatic carbocycles. The van der Waals surface area contributed by atoms with Gasteiger partial charge in [-0.3, -0.25) is 4.99 Å². The largest absolute Gasteiger partial charge is 0.356 e. The van der Waals surface area contributed by atoms with Gasteiger partial charge in [0.2, 0.25) is 0 Å². The number of nitrogens with one attached hydrogen (secondary N) is 2. The van der Waals surface area contributed by atoms with Crippen molar-refractivity contribution in [3.63, 3.8) is 0 Å².